The molecule has 0 aliphatic heterocycles. The normalized spacial score (nSPS) is 22.9. The SMILES string of the molecule is C=C(C)C1C=CC(n2[nH]c(=O)n(C)c2=O)C=C1. The minimum atomic E-state index is -0.404. The molecule has 0 unspecified atom stereocenters. The summed E-state index contributed by atoms with van der Waals surface area (Å²) in [5.74, 6) is 0.206. The lowest BCUT2D eigenvalue weighted by atomic mass is 9.95. The number of rotatable bonds is 2. The third kappa shape index (κ3) is 1.95. The molecule has 0 saturated carbocycles. The van der Waals surface area contributed by atoms with E-state index in [0.29, 0.717) is 0 Å². The number of aromatic nitrogens is 3. The lowest BCUT2D eigenvalue weighted by Crippen LogP contribution is -2.27. The zero-order chi connectivity index (χ0) is 12.6. The third-order valence-corrected chi connectivity index (χ3v) is 2.91. The van der Waals surface area contributed by atoms with Gasteiger partial charge in [-0.1, -0.05) is 36.5 Å². The molecule has 0 radical (unpaired) electrons. The van der Waals surface area contributed by atoms with Gasteiger partial charge in [0, 0.05) is 13.0 Å². The average molecular weight is 233 g/mol. The second-order valence-electron chi connectivity index (χ2n) is 4.26. The van der Waals surface area contributed by atoms with Crippen LogP contribution in [0.3, 0.4) is 0 Å². The van der Waals surface area contributed by atoms with Crippen molar-refractivity contribution in [2.24, 2.45) is 13.0 Å². The van der Waals surface area contributed by atoms with Gasteiger partial charge in [0.15, 0.2) is 0 Å². The summed E-state index contributed by atoms with van der Waals surface area (Å²) in [5.41, 5.74) is 0.298. The summed E-state index contributed by atoms with van der Waals surface area (Å²) >= 11 is 0. The molecule has 1 aliphatic rings. The van der Waals surface area contributed by atoms with Crippen LogP contribution in [0, 0.1) is 5.92 Å². The first-order valence-electron chi connectivity index (χ1n) is 5.40. The van der Waals surface area contributed by atoms with Crippen LogP contribution in [0.2, 0.25) is 0 Å². The maximum atomic E-state index is 11.7. The summed E-state index contributed by atoms with van der Waals surface area (Å²) in [7, 11) is 1.45. The largest absolute Gasteiger partial charge is 0.347 e. The number of hydrogen-bond donors (Lipinski definition) is 1. The highest BCUT2D eigenvalue weighted by molar-refractivity contribution is 5.23. The van der Waals surface area contributed by atoms with Crippen molar-refractivity contribution in [2.75, 3.05) is 0 Å². The Morgan fingerprint density at radius 1 is 1.29 bits per heavy atom. The lowest BCUT2D eigenvalue weighted by molar-refractivity contribution is 0.583. The smallest absolute Gasteiger partial charge is 0.246 e. The Hall–Kier alpha value is -2.04. The maximum absolute atomic E-state index is 11.7. The molecule has 5 heteroatoms. The first kappa shape index (κ1) is 11.4. The molecule has 90 valence electrons. The quantitative estimate of drug-likeness (QED) is 0.766. The highest BCUT2D eigenvalue weighted by atomic mass is 16.2. The van der Waals surface area contributed by atoms with Gasteiger partial charge in [-0.25, -0.2) is 23.9 Å². The standard InChI is InChI=1S/C12H15N3O2/c1-8(2)9-4-6-10(7-5-9)15-12(17)14(3)11(16)13-15/h4-7,9-10H,1H2,2-3H3,(H,13,16). The molecule has 0 spiro atoms. The van der Waals surface area contributed by atoms with E-state index in [1.165, 1.54) is 11.7 Å². The van der Waals surface area contributed by atoms with Crippen molar-refractivity contribution in [2.45, 2.75) is 13.0 Å². The van der Waals surface area contributed by atoms with Crippen LogP contribution in [0.1, 0.15) is 13.0 Å². The lowest BCUT2D eigenvalue weighted by Gasteiger charge is -2.16. The van der Waals surface area contributed by atoms with Crippen LogP contribution in [0.4, 0.5) is 0 Å². The molecule has 2 rings (SSSR count). The van der Waals surface area contributed by atoms with Gasteiger partial charge in [0.2, 0.25) is 0 Å². The van der Waals surface area contributed by atoms with Gasteiger partial charge in [-0.05, 0) is 6.92 Å². The summed E-state index contributed by atoms with van der Waals surface area (Å²) < 4.78 is 2.36. The van der Waals surface area contributed by atoms with E-state index in [2.05, 4.69) is 11.7 Å². The Kier molecular flexibility index (Phi) is 2.75. The Balaban J connectivity index is 2.33. The Morgan fingerprint density at radius 3 is 2.29 bits per heavy atom. The van der Waals surface area contributed by atoms with Crippen LogP contribution in [-0.2, 0) is 7.05 Å². The fourth-order valence-electron chi connectivity index (χ4n) is 1.77. The predicted molar refractivity (Wildman–Crippen MR) is 65.9 cm³/mol. The predicted octanol–water partition coefficient (Wildman–Crippen LogP) is 0.734. The van der Waals surface area contributed by atoms with Gasteiger partial charge in [-0.2, -0.15) is 0 Å². The number of allylic oxidation sites excluding steroid dienone is 5. The first-order valence-corrected chi connectivity index (χ1v) is 5.40. The number of nitrogens with zero attached hydrogens (tertiary/aromatic N) is 2. The molecule has 0 atom stereocenters. The maximum Gasteiger partial charge on any atom is 0.347 e. The van der Waals surface area contributed by atoms with E-state index < -0.39 is 5.69 Å². The fourth-order valence-corrected chi connectivity index (χ4v) is 1.77. The van der Waals surface area contributed by atoms with Gasteiger partial charge in [-0.3, -0.25) is 0 Å². The average Bonchev–Trinajstić information content (AvgIpc) is 2.57. The summed E-state index contributed by atoms with van der Waals surface area (Å²) in [6.45, 7) is 5.83. The molecule has 1 aromatic heterocycles. The van der Waals surface area contributed by atoms with Crippen LogP contribution >= 0.6 is 0 Å². The molecule has 1 aliphatic carbocycles. The van der Waals surface area contributed by atoms with E-state index in [1.54, 1.807) is 0 Å². The van der Waals surface area contributed by atoms with Crippen molar-refractivity contribution in [1.82, 2.24) is 14.3 Å². The van der Waals surface area contributed by atoms with E-state index in [4.69, 9.17) is 0 Å². The first-order chi connectivity index (χ1) is 8.00. The molecular formula is C12H15N3O2. The number of nitrogens with one attached hydrogen (secondary N) is 1. The van der Waals surface area contributed by atoms with Gasteiger partial charge in [0.1, 0.15) is 0 Å². The topological polar surface area (TPSA) is 59.8 Å². The molecule has 17 heavy (non-hydrogen) atoms. The third-order valence-electron chi connectivity index (χ3n) is 2.91. The molecule has 0 aromatic carbocycles. The van der Waals surface area contributed by atoms with Crippen molar-refractivity contribution in [3.63, 3.8) is 0 Å². The molecule has 1 N–H and O–H groups in total. The van der Waals surface area contributed by atoms with Crippen molar-refractivity contribution in [3.8, 4) is 0 Å². The van der Waals surface area contributed by atoms with Crippen molar-refractivity contribution < 1.29 is 0 Å². The number of hydrogen-bond acceptors (Lipinski definition) is 2. The molecule has 5 nitrogen and oxygen atoms in total. The van der Waals surface area contributed by atoms with Crippen LogP contribution in [0.25, 0.3) is 0 Å². The van der Waals surface area contributed by atoms with E-state index in [0.717, 1.165) is 10.1 Å². The highest BCUT2D eigenvalue weighted by Gasteiger charge is 2.15. The Labute approximate surface area is 98.4 Å². The summed E-state index contributed by atoms with van der Waals surface area (Å²) in [5, 5.41) is 2.51. The van der Waals surface area contributed by atoms with Crippen molar-refractivity contribution >= 4 is 0 Å². The van der Waals surface area contributed by atoms with E-state index in [-0.39, 0.29) is 17.6 Å². The zero-order valence-electron chi connectivity index (χ0n) is 9.88. The van der Waals surface area contributed by atoms with Crippen molar-refractivity contribution in [1.29, 1.82) is 0 Å². The van der Waals surface area contributed by atoms with Gasteiger partial charge in [0.25, 0.3) is 0 Å². The Bertz CT molecular complexity index is 598. The molecule has 0 fully saturated rings. The molecule has 0 saturated heterocycles. The molecule has 0 amide bonds. The van der Waals surface area contributed by atoms with Crippen LogP contribution in [-0.4, -0.2) is 14.3 Å². The van der Waals surface area contributed by atoms with Gasteiger partial charge >= 0.3 is 11.4 Å². The second kappa shape index (κ2) is 4.08. The van der Waals surface area contributed by atoms with Crippen LogP contribution in [0.5, 0.6) is 0 Å². The van der Waals surface area contributed by atoms with E-state index >= 15 is 0 Å². The zero-order valence-corrected chi connectivity index (χ0v) is 9.88. The summed E-state index contributed by atoms with van der Waals surface area (Å²) in [6.07, 6.45) is 7.73. The number of aromatic amines is 1. The summed E-state index contributed by atoms with van der Waals surface area (Å²) in [6, 6.07) is -0.230. The number of H-pyrrole nitrogens is 1. The van der Waals surface area contributed by atoms with E-state index in [1.807, 2.05) is 31.2 Å². The summed E-state index contributed by atoms with van der Waals surface area (Å²) in [4.78, 5) is 23.0. The van der Waals surface area contributed by atoms with Crippen LogP contribution in [0.15, 0.2) is 46.0 Å². The van der Waals surface area contributed by atoms with Gasteiger partial charge < -0.3 is 0 Å². The van der Waals surface area contributed by atoms with Gasteiger partial charge in [-0.15, -0.1) is 0 Å². The minimum Gasteiger partial charge on any atom is -0.246 e. The monoisotopic (exact) mass is 233 g/mol. The van der Waals surface area contributed by atoms with E-state index in [9.17, 15) is 9.59 Å². The minimum absolute atomic E-state index is 0.206. The molecule has 0 bridgehead atoms. The van der Waals surface area contributed by atoms with Gasteiger partial charge in [0.05, 0.1) is 6.04 Å². The van der Waals surface area contributed by atoms with Crippen molar-refractivity contribution in [3.05, 3.63) is 57.4 Å². The Morgan fingerprint density at radius 2 is 1.88 bits per heavy atom. The molecule has 1 heterocycles. The molecular weight excluding hydrogens is 218 g/mol. The van der Waals surface area contributed by atoms with Crippen LogP contribution < -0.4 is 11.4 Å². The molecule has 1 aromatic rings. The second-order valence-corrected chi connectivity index (χ2v) is 4.26. The highest BCUT2D eigenvalue weighted by Crippen LogP contribution is 2.21. The fraction of sp³-hybridized carbons (Fsp3) is 0.333.